The fourth-order valence-corrected chi connectivity index (χ4v) is 1.97. The Morgan fingerprint density at radius 3 is 2.11 bits per heavy atom. The Labute approximate surface area is 112 Å². The van der Waals surface area contributed by atoms with E-state index >= 15 is 0 Å². The number of allylic oxidation sites excluding steroid dienone is 2. The smallest absolute Gasteiger partial charge is 0.122 e. The summed E-state index contributed by atoms with van der Waals surface area (Å²) in [7, 11) is 0. The molecule has 0 heterocycles. The maximum atomic E-state index is 10.1. The molecule has 2 nitrogen and oxygen atoms in total. The number of aliphatic hydroxyl groups excluding tert-OH is 1. The van der Waals surface area contributed by atoms with Crippen LogP contribution in [0.1, 0.15) is 77.6 Å². The number of aliphatic hydroxyl groups is 1. The first-order valence-corrected chi connectivity index (χ1v) is 7.58. The van der Waals surface area contributed by atoms with E-state index in [1.165, 1.54) is 38.5 Å². The first-order valence-electron chi connectivity index (χ1n) is 7.58. The van der Waals surface area contributed by atoms with E-state index in [0.717, 1.165) is 32.0 Å². The van der Waals surface area contributed by atoms with Gasteiger partial charge in [0.05, 0.1) is 6.10 Å². The topological polar surface area (TPSA) is 37.3 Å². The summed E-state index contributed by atoms with van der Waals surface area (Å²) in [5, 5.41) is 9.35. The maximum absolute atomic E-state index is 10.1. The van der Waals surface area contributed by atoms with E-state index < -0.39 is 6.10 Å². The molecule has 0 aliphatic carbocycles. The molecule has 0 fully saturated rings. The monoisotopic (exact) mass is 254 g/mol. The third-order valence-electron chi connectivity index (χ3n) is 3.17. The van der Waals surface area contributed by atoms with Gasteiger partial charge in [-0.3, -0.25) is 0 Å². The number of carbonyl (C=O) groups is 1. The molecule has 0 saturated carbocycles. The van der Waals surface area contributed by atoms with E-state index in [2.05, 4.69) is 19.1 Å². The van der Waals surface area contributed by atoms with Crippen LogP contribution in [0.4, 0.5) is 0 Å². The van der Waals surface area contributed by atoms with Crippen molar-refractivity contribution in [2.24, 2.45) is 0 Å². The van der Waals surface area contributed by atoms with Crippen LogP contribution < -0.4 is 0 Å². The highest BCUT2D eigenvalue weighted by atomic mass is 16.3. The molecule has 1 N–H and O–H groups in total. The summed E-state index contributed by atoms with van der Waals surface area (Å²) in [4.78, 5) is 10.1. The van der Waals surface area contributed by atoms with Crippen molar-refractivity contribution in [3.05, 3.63) is 12.2 Å². The summed E-state index contributed by atoms with van der Waals surface area (Å²) in [6, 6.07) is 0. The van der Waals surface area contributed by atoms with Crippen LogP contribution in [0.15, 0.2) is 12.2 Å². The van der Waals surface area contributed by atoms with Gasteiger partial charge in [-0.25, -0.2) is 0 Å². The molecular formula is C16H30O2. The van der Waals surface area contributed by atoms with Crippen molar-refractivity contribution in [1.29, 1.82) is 0 Å². The van der Waals surface area contributed by atoms with Crippen molar-refractivity contribution in [1.82, 2.24) is 0 Å². The molecule has 0 amide bonds. The molecule has 0 aromatic rings. The molecule has 0 bridgehead atoms. The first-order chi connectivity index (χ1) is 8.81. The number of unbranched alkanes of at least 4 members (excludes halogenated alkanes) is 7. The van der Waals surface area contributed by atoms with Crippen molar-refractivity contribution in [3.8, 4) is 0 Å². The van der Waals surface area contributed by atoms with Crippen LogP contribution >= 0.6 is 0 Å². The average molecular weight is 254 g/mol. The summed E-state index contributed by atoms with van der Waals surface area (Å²) in [5.74, 6) is 0. The Morgan fingerprint density at radius 2 is 1.56 bits per heavy atom. The van der Waals surface area contributed by atoms with Gasteiger partial charge >= 0.3 is 0 Å². The lowest BCUT2D eigenvalue weighted by molar-refractivity contribution is -0.109. The highest BCUT2D eigenvalue weighted by Crippen LogP contribution is 2.08. The molecule has 1 unspecified atom stereocenters. The van der Waals surface area contributed by atoms with Gasteiger partial charge in [0, 0.05) is 6.42 Å². The number of hydrogen-bond donors (Lipinski definition) is 1. The lowest BCUT2D eigenvalue weighted by atomic mass is 10.1. The second kappa shape index (κ2) is 14.4. The molecule has 18 heavy (non-hydrogen) atoms. The zero-order valence-corrected chi connectivity index (χ0v) is 11.9. The molecule has 0 aliphatic heterocycles. The normalized spacial score (nSPS) is 13.0. The number of carbonyl (C=O) groups excluding carboxylic acids is 1. The standard InChI is InChI=1S/C16H30O2/c1-2-3-4-5-6-7-8-9-10-11-12-13-16(18)14-15-17/h7-8,15-16,18H,2-6,9-14H2,1H3. The highest BCUT2D eigenvalue weighted by molar-refractivity contribution is 5.49. The maximum Gasteiger partial charge on any atom is 0.122 e. The van der Waals surface area contributed by atoms with Gasteiger partial charge in [0.1, 0.15) is 6.29 Å². The molecule has 0 saturated heterocycles. The second-order valence-electron chi connectivity index (χ2n) is 5.01. The lowest BCUT2D eigenvalue weighted by Gasteiger charge is -2.05. The second-order valence-corrected chi connectivity index (χ2v) is 5.01. The van der Waals surface area contributed by atoms with Crippen LogP contribution in [-0.4, -0.2) is 17.5 Å². The molecule has 106 valence electrons. The van der Waals surface area contributed by atoms with Crippen LogP contribution in [0.25, 0.3) is 0 Å². The van der Waals surface area contributed by atoms with Gasteiger partial charge in [0.15, 0.2) is 0 Å². The van der Waals surface area contributed by atoms with Gasteiger partial charge < -0.3 is 9.90 Å². The minimum atomic E-state index is -0.420. The summed E-state index contributed by atoms with van der Waals surface area (Å²) in [6.45, 7) is 2.24. The van der Waals surface area contributed by atoms with Gasteiger partial charge in [-0.2, -0.15) is 0 Å². The summed E-state index contributed by atoms with van der Waals surface area (Å²) < 4.78 is 0. The Kier molecular flexibility index (Phi) is 13.9. The third-order valence-corrected chi connectivity index (χ3v) is 3.17. The fourth-order valence-electron chi connectivity index (χ4n) is 1.97. The Hall–Kier alpha value is -0.630. The molecule has 0 aliphatic rings. The van der Waals surface area contributed by atoms with E-state index in [-0.39, 0.29) is 6.42 Å². The van der Waals surface area contributed by atoms with Gasteiger partial charge in [0.2, 0.25) is 0 Å². The van der Waals surface area contributed by atoms with Crippen molar-refractivity contribution >= 4 is 6.29 Å². The van der Waals surface area contributed by atoms with E-state index in [9.17, 15) is 9.90 Å². The highest BCUT2D eigenvalue weighted by Gasteiger charge is 2.01. The van der Waals surface area contributed by atoms with E-state index in [1.54, 1.807) is 0 Å². The fraction of sp³-hybridized carbons (Fsp3) is 0.812. The minimum Gasteiger partial charge on any atom is -0.393 e. The molecule has 0 spiro atoms. The number of aldehydes is 1. The molecule has 0 radical (unpaired) electrons. The number of hydrogen-bond acceptors (Lipinski definition) is 2. The Bertz CT molecular complexity index is 199. The van der Waals surface area contributed by atoms with Crippen molar-refractivity contribution in [2.75, 3.05) is 0 Å². The quantitative estimate of drug-likeness (QED) is 0.300. The van der Waals surface area contributed by atoms with E-state index in [4.69, 9.17) is 0 Å². The van der Waals surface area contributed by atoms with Crippen LogP contribution in [0.3, 0.4) is 0 Å². The summed E-state index contributed by atoms with van der Waals surface area (Å²) >= 11 is 0. The van der Waals surface area contributed by atoms with Crippen LogP contribution in [0, 0.1) is 0 Å². The van der Waals surface area contributed by atoms with E-state index in [0.29, 0.717) is 0 Å². The summed E-state index contributed by atoms with van der Waals surface area (Å²) in [5.41, 5.74) is 0. The molecule has 0 aromatic carbocycles. The van der Waals surface area contributed by atoms with Crippen molar-refractivity contribution in [3.63, 3.8) is 0 Å². The Balaban J connectivity index is 3.14. The third kappa shape index (κ3) is 13.4. The largest absolute Gasteiger partial charge is 0.393 e. The zero-order chi connectivity index (χ0) is 13.5. The SMILES string of the molecule is CCCCCCC=CCCCCCC(O)CC=O. The van der Waals surface area contributed by atoms with Crippen molar-refractivity contribution < 1.29 is 9.90 Å². The Morgan fingerprint density at radius 1 is 0.944 bits per heavy atom. The minimum absolute atomic E-state index is 0.289. The van der Waals surface area contributed by atoms with Crippen LogP contribution in [0.2, 0.25) is 0 Å². The predicted octanol–water partition coefficient (Wildman–Crippen LogP) is 4.41. The molecule has 2 heteroatoms. The lowest BCUT2D eigenvalue weighted by Crippen LogP contribution is -2.06. The van der Waals surface area contributed by atoms with Crippen LogP contribution in [0.5, 0.6) is 0 Å². The van der Waals surface area contributed by atoms with Gasteiger partial charge in [-0.15, -0.1) is 0 Å². The molecule has 0 aromatic heterocycles. The summed E-state index contributed by atoms with van der Waals surface area (Å²) in [6.07, 6.45) is 17.1. The van der Waals surface area contributed by atoms with Gasteiger partial charge in [-0.1, -0.05) is 51.2 Å². The van der Waals surface area contributed by atoms with Gasteiger partial charge in [0.25, 0.3) is 0 Å². The van der Waals surface area contributed by atoms with E-state index in [1.807, 2.05) is 0 Å². The average Bonchev–Trinajstić information content (AvgIpc) is 2.36. The molecule has 0 rings (SSSR count). The van der Waals surface area contributed by atoms with Crippen LogP contribution in [-0.2, 0) is 4.79 Å². The number of rotatable bonds is 13. The molecular weight excluding hydrogens is 224 g/mol. The molecule has 1 atom stereocenters. The zero-order valence-electron chi connectivity index (χ0n) is 11.9. The van der Waals surface area contributed by atoms with Gasteiger partial charge in [-0.05, 0) is 32.1 Å². The first kappa shape index (κ1) is 17.4. The predicted molar refractivity (Wildman–Crippen MR) is 77.7 cm³/mol. The van der Waals surface area contributed by atoms with Crippen molar-refractivity contribution in [2.45, 2.75) is 83.7 Å².